The molecular weight excluding hydrogens is 321 g/mol. The number of H-pyrrole nitrogens is 1. The van der Waals surface area contributed by atoms with Crippen molar-refractivity contribution in [3.63, 3.8) is 0 Å². The van der Waals surface area contributed by atoms with E-state index in [2.05, 4.69) is 25.5 Å². The molecule has 2 fully saturated rings. The van der Waals surface area contributed by atoms with Crippen LogP contribution in [-0.2, 0) is 0 Å². The molecule has 2 aromatic rings. The SMILES string of the molecule is CC1(F)CC(CN)CN(c2nccc(Nc3cc(C4CC4)[nH]n3)n2)C1. The van der Waals surface area contributed by atoms with Gasteiger partial charge in [-0.2, -0.15) is 10.1 Å². The number of halogens is 1. The summed E-state index contributed by atoms with van der Waals surface area (Å²) in [5.41, 5.74) is 5.65. The van der Waals surface area contributed by atoms with E-state index in [1.54, 1.807) is 19.2 Å². The third-order valence-corrected chi connectivity index (χ3v) is 4.84. The smallest absolute Gasteiger partial charge is 0.227 e. The van der Waals surface area contributed by atoms with Crippen LogP contribution in [0.3, 0.4) is 0 Å². The number of aromatic amines is 1. The molecular formula is C17H24FN7. The first-order valence-electron chi connectivity index (χ1n) is 8.82. The first kappa shape index (κ1) is 16.3. The van der Waals surface area contributed by atoms with E-state index in [-0.39, 0.29) is 12.5 Å². The van der Waals surface area contributed by atoms with E-state index in [9.17, 15) is 4.39 Å². The molecule has 0 radical (unpaired) electrons. The van der Waals surface area contributed by atoms with Crippen LogP contribution in [0.1, 0.15) is 37.8 Å². The van der Waals surface area contributed by atoms with E-state index in [0.717, 1.165) is 11.5 Å². The van der Waals surface area contributed by atoms with Crippen LogP contribution in [0.4, 0.5) is 22.0 Å². The summed E-state index contributed by atoms with van der Waals surface area (Å²) in [7, 11) is 0. The summed E-state index contributed by atoms with van der Waals surface area (Å²) in [6.07, 6.45) is 4.60. The van der Waals surface area contributed by atoms with Crippen molar-refractivity contribution in [3.8, 4) is 0 Å². The largest absolute Gasteiger partial charge is 0.337 e. The Bertz CT molecular complexity index is 740. The zero-order valence-electron chi connectivity index (χ0n) is 14.4. The van der Waals surface area contributed by atoms with E-state index in [1.165, 1.54) is 12.8 Å². The molecule has 3 heterocycles. The Morgan fingerprint density at radius 2 is 2.28 bits per heavy atom. The van der Waals surface area contributed by atoms with Crippen LogP contribution in [0.25, 0.3) is 0 Å². The Morgan fingerprint density at radius 1 is 1.44 bits per heavy atom. The molecule has 1 saturated heterocycles. The van der Waals surface area contributed by atoms with Crippen LogP contribution in [-0.4, -0.2) is 45.5 Å². The standard InChI is InChI=1S/C17H24FN7/c1-17(18)7-11(8-19)9-25(10-17)16-20-5-4-14(22-16)21-15-6-13(23-24-15)12-2-3-12/h4-6,11-12H,2-3,7-10,19H2,1H3,(H2,20,21,22,23,24). The second-order valence-corrected chi connectivity index (χ2v) is 7.45. The molecule has 0 bridgehead atoms. The van der Waals surface area contributed by atoms with Crippen molar-refractivity contribution in [1.29, 1.82) is 0 Å². The minimum Gasteiger partial charge on any atom is -0.337 e. The molecule has 2 unspecified atom stereocenters. The van der Waals surface area contributed by atoms with Gasteiger partial charge in [0.2, 0.25) is 5.95 Å². The lowest BCUT2D eigenvalue weighted by atomic mass is 9.88. The quantitative estimate of drug-likeness (QED) is 0.770. The summed E-state index contributed by atoms with van der Waals surface area (Å²) in [6, 6.07) is 3.80. The maximum atomic E-state index is 14.6. The highest BCUT2D eigenvalue weighted by molar-refractivity contribution is 5.53. The van der Waals surface area contributed by atoms with E-state index in [4.69, 9.17) is 5.73 Å². The van der Waals surface area contributed by atoms with Crippen molar-refractivity contribution >= 4 is 17.6 Å². The van der Waals surface area contributed by atoms with Crippen LogP contribution in [0.15, 0.2) is 18.3 Å². The Morgan fingerprint density at radius 3 is 3.04 bits per heavy atom. The maximum Gasteiger partial charge on any atom is 0.227 e. The van der Waals surface area contributed by atoms with Gasteiger partial charge >= 0.3 is 0 Å². The number of hydrogen-bond acceptors (Lipinski definition) is 6. The third kappa shape index (κ3) is 3.73. The highest BCUT2D eigenvalue weighted by Crippen LogP contribution is 2.39. The molecule has 1 aliphatic carbocycles. The summed E-state index contributed by atoms with van der Waals surface area (Å²) in [5, 5.41) is 10.5. The Balaban J connectivity index is 1.50. The number of aromatic nitrogens is 4. The summed E-state index contributed by atoms with van der Waals surface area (Å²) in [6.45, 7) is 3.03. The minimum absolute atomic E-state index is 0.108. The van der Waals surface area contributed by atoms with Gasteiger partial charge in [-0.1, -0.05) is 0 Å². The number of rotatable bonds is 5. The van der Waals surface area contributed by atoms with Crippen LogP contribution in [0.2, 0.25) is 0 Å². The molecule has 0 amide bonds. The summed E-state index contributed by atoms with van der Waals surface area (Å²) in [5.74, 6) is 2.63. The van der Waals surface area contributed by atoms with E-state index >= 15 is 0 Å². The molecule has 8 heteroatoms. The maximum absolute atomic E-state index is 14.6. The molecule has 1 aliphatic heterocycles. The van der Waals surface area contributed by atoms with E-state index in [0.29, 0.717) is 37.2 Å². The molecule has 0 spiro atoms. The second-order valence-electron chi connectivity index (χ2n) is 7.45. The van der Waals surface area contributed by atoms with Gasteiger partial charge in [0.15, 0.2) is 5.82 Å². The lowest BCUT2D eigenvalue weighted by Crippen LogP contribution is -2.50. The lowest BCUT2D eigenvalue weighted by Gasteiger charge is -2.39. The number of piperidine rings is 1. The highest BCUT2D eigenvalue weighted by atomic mass is 19.1. The van der Waals surface area contributed by atoms with Crippen LogP contribution < -0.4 is 16.0 Å². The summed E-state index contributed by atoms with van der Waals surface area (Å²) >= 11 is 0. The van der Waals surface area contributed by atoms with Crippen molar-refractivity contribution in [2.45, 2.75) is 37.8 Å². The molecule has 134 valence electrons. The third-order valence-electron chi connectivity index (χ3n) is 4.84. The van der Waals surface area contributed by atoms with Gasteiger partial charge in [-0.15, -0.1) is 0 Å². The fraction of sp³-hybridized carbons (Fsp3) is 0.588. The van der Waals surface area contributed by atoms with Gasteiger partial charge in [-0.05, 0) is 44.7 Å². The minimum atomic E-state index is -1.28. The highest BCUT2D eigenvalue weighted by Gasteiger charge is 2.36. The predicted octanol–water partition coefficient (Wildman–Crippen LogP) is 2.33. The van der Waals surface area contributed by atoms with Crippen molar-refractivity contribution in [2.75, 3.05) is 29.9 Å². The molecule has 2 atom stereocenters. The van der Waals surface area contributed by atoms with Crippen molar-refractivity contribution in [1.82, 2.24) is 20.2 Å². The van der Waals surface area contributed by atoms with Gasteiger partial charge in [-0.25, -0.2) is 9.37 Å². The van der Waals surface area contributed by atoms with E-state index < -0.39 is 5.67 Å². The van der Waals surface area contributed by atoms with Crippen molar-refractivity contribution < 1.29 is 4.39 Å². The fourth-order valence-corrected chi connectivity index (χ4v) is 3.52. The molecule has 7 nitrogen and oxygen atoms in total. The monoisotopic (exact) mass is 345 g/mol. The van der Waals surface area contributed by atoms with Crippen LogP contribution >= 0.6 is 0 Å². The number of nitrogens with zero attached hydrogens (tertiary/aromatic N) is 4. The molecule has 25 heavy (non-hydrogen) atoms. The zero-order chi connectivity index (χ0) is 17.4. The van der Waals surface area contributed by atoms with Crippen LogP contribution in [0.5, 0.6) is 0 Å². The number of alkyl halides is 1. The first-order chi connectivity index (χ1) is 12.0. The average molecular weight is 345 g/mol. The van der Waals surface area contributed by atoms with Gasteiger partial charge in [0.05, 0.1) is 6.54 Å². The molecule has 0 aromatic carbocycles. The first-order valence-corrected chi connectivity index (χ1v) is 8.82. The summed E-state index contributed by atoms with van der Waals surface area (Å²) < 4.78 is 14.6. The number of nitrogens with one attached hydrogen (secondary N) is 2. The van der Waals surface area contributed by atoms with Crippen molar-refractivity contribution in [2.24, 2.45) is 11.7 Å². The average Bonchev–Trinajstić information content (AvgIpc) is 3.34. The van der Waals surface area contributed by atoms with Crippen LogP contribution in [0, 0.1) is 5.92 Å². The lowest BCUT2D eigenvalue weighted by molar-refractivity contribution is 0.128. The molecule has 2 aromatic heterocycles. The normalized spacial score (nSPS) is 26.7. The van der Waals surface area contributed by atoms with Gasteiger partial charge in [0.1, 0.15) is 11.5 Å². The van der Waals surface area contributed by atoms with E-state index in [1.807, 2.05) is 11.0 Å². The number of nitrogens with two attached hydrogens (primary N) is 1. The second kappa shape index (κ2) is 6.25. The Labute approximate surface area is 146 Å². The molecule has 4 N–H and O–H groups in total. The molecule has 1 saturated carbocycles. The number of hydrogen-bond donors (Lipinski definition) is 3. The molecule has 2 aliphatic rings. The van der Waals surface area contributed by atoms with Gasteiger partial charge in [0, 0.05) is 30.4 Å². The Kier molecular flexibility index (Phi) is 4.07. The topological polar surface area (TPSA) is 95.8 Å². The van der Waals surface area contributed by atoms with Gasteiger partial charge in [0.25, 0.3) is 0 Å². The predicted molar refractivity (Wildman–Crippen MR) is 94.8 cm³/mol. The summed E-state index contributed by atoms with van der Waals surface area (Å²) in [4.78, 5) is 10.7. The van der Waals surface area contributed by atoms with Gasteiger partial charge in [-0.3, -0.25) is 5.10 Å². The van der Waals surface area contributed by atoms with Crippen molar-refractivity contribution in [3.05, 3.63) is 24.0 Å². The van der Waals surface area contributed by atoms with Gasteiger partial charge < -0.3 is 16.0 Å². The fourth-order valence-electron chi connectivity index (χ4n) is 3.52. The number of anilines is 3. The molecule has 4 rings (SSSR count). The Hall–Kier alpha value is -2.22. The zero-order valence-corrected chi connectivity index (χ0v) is 14.4.